The summed E-state index contributed by atoms with van der Waals surface area (Å²) in [5.41, 5.74) is 1.42. The second kappa shape index (κ2) is 4.32. The molecule has 0 aliphatic heterocycles. The van der Waals surface area contributed by atoms with Crippen molar-refractivity contribution in [2.45, 2.75) is 4.90 Å². The van der Waals surface area contributed by atoms with E-state index in [0.717, 1.165) is 11.3 Å². The SMILES string of the molecule is O=S(=O)(Nc1nncs1)c1cccnc1Cl. The van der Waals surface area contributed by atoms with Crippen LogP contribution in [0.4, 0.5) is 5.13 Å². The first kappa shape index (κ1) is 11.2. The molecule has 0 radical (unpaired) electrons. The molecule has 0 amide bonds. The van der Waals surface area contributed by atoms with Gasteiger partial charge in [0.05, 0.1) is 0 Å². The molecule has 2 heterocycles. The van der Waals surface area contributed by atoms with E-state index in [1.165, 1.54) is 23.8 Å². The molecular weight excluding hydrogens is 272 g/mol. The largest absolute Gasteiger partial charge is 0.266 e. The highest BCUT2D eigenvalue weighted by atomic mass is 35.5. The molecule has 2 rings (SSSR count). The molecule has 0 aromatic carbocycles. The van der Waals surface area contributed by atoms with Crippen LogP contribution in [0.25, 0.3) is 0 Å². The summed E-state index contributed by atoms with van der Waals surface area (Å²) in [6, 6.07) is 2.85. The predicted octanol–water partition coefficient (Wildman–Crippen LogP) is 1.39. The number of hydrogen-bond acceptors (Lipinski definition) is 6. The summed E-state index contributed by atoms with van der Waals surface area (Å²) < 4.78 is 25.9. The lowest BCUT2D eigenvalue weighted by atomic mass is 10.5. The fraction of sp³-hybridized carbons (Fsp3) is 0. The van der Waals surface area contributed by atoms with Crippen molar-refractivity contribution in [3.05, 3.63) is 29.0 Å². The summed E-state index contributed by atoms with van der Waals surface area (Å²) in [6.07, 6.45) is 1.41. The normalized spacial score (nSPS) is 11.3. The van der Waals surface area contributed by atoms with Crippen LogP contribution in [0.1, 0.15) is 0 Å². The van der Waals surface area contributed by atoms with Crippen LogP contribution < -0.4 is 4.72 Å². The molecule has 6 nitrogen and oxygen atoms in total. The minimum atomic E-state index is -3.75. The summed E-state index contributed by atoms with van der Waals surface area (Å²) >= 11 is 6.76. The van der Waals surface area contributed by atoms with E-state index in [4.69, 9.17) is 11.6 Å². The van der Waals surface area contributed by atoms with Crippen molar-refractivity contribution >= 4 is 38.1 Å². The number of hydrogen-bond donors (Lipinski definition) is 1. The third-order valence-corrected chi connectivity index (χ3v) is 4.12. The van der Waals surface area contributed by atoms with Crippen molar-refractivity contribution in [3.8, 4) is 0 Å². The van der Waals surface area contributed by atoms with Gasteiger partial charge in [-0.1, -0.05) is 22.9 Å². The van der Waals surface area contributed by atoms with Gasteiger partial charge in [0.25, 0.3) is 10.0 Å². The van der Waals surface area contributed by atoms with Crippen LogP contribution in [0.15, 0.2) is 28.7 Å². The molecule has 0 bridgehead atoms. The van der Waals surface area contributed by atoms with Gasteiger partial charge in [0, 0.05) is 6.20 Å². The lowest BCUT2D eigenvalue weighted by Crippen LogP contribution is -2.13. The highest BCUT2D eigenvalue weighted by Gasteiger charge is 2.19. The number of pyridine rings is 1. The standard InChI is InChI=1S/C7H5ClN4O2S2/c8-6-5(2-1-3-9-6)16(13,14)12-7-11-10-4-15-7/h1-4H,(H,11,12). The Labute approximate surface area is 100 Å². The molecule has 2 aromatic rings. The zero-order valence-electron chi connectivity index (χ0n) is 7.66. The van der Waals surface area contributed by atoms with Gasteiger partial charge in [-0.25, -0.2) is 13.4 Å². The van der Waals surface area contributed by atoms with E-state index >= 15 is 0 Å². The maximum Gasteiger partial charge on any atom is 0.266 e. The average Bonchev–Trinajstić information content (AvgIpc) is 2.70. The third kappa shape index (κ3) is 2.29. The Balaban J connectivity index is 2.37. The monoisotopic (exact) mass is 276 g/mol. The van der Waals surface area contributed by atoms with Crippen LogP contribution in [-0.4, -0.2) is 23.6 Å². The van der Waals surface area contributed by atoms with Crippen LogP contribution in [-0.2, 0) is 10.0 Å². The average molecular weight is 277 g/mol. The first-order valence-corrected chi connectivity index (χ1v) is 6.73. The van der Waals surface area contributed by atoms with E-state index in [-0.39, 0.29) is 15.2 Å². The first-order chi connectivity index (χ1) is 7.59. The first-order valence-electron chi connectivity index (χ1n) is 3.99. The molecule has 16 heavy (non-hydrogen) atoms. The maximum absolute atomic E-state index is 11.8. The molecule has 0 saturated carbocycles. The van der Waals surface area contributed by atoms with Crippen LogP contribution in [0.3, 0.4) is 0 Å². The van der Waals surface area contributed by atoms with Gasteiger partial charge in [0.15, 0.2) is 0 Å². The Morgan fingerprint density at radius 3 is 2.88 bits per heavy atom. The number of nitrogens with one attached hydrogen (secondary N) is 1. The van der Waals surface area contributed by atoms with Crippen LogP contribution in [0.5, 0.6) is 0 Å². The Morgan fingerprint density at radius 2 is 2.25 bits per heavy atom. The zero-order chi connectivity index (χ0) is 11.6. The molecular formula is C7H5ClN4O2S2. The van der Waals surface area contributed by atoms with Crippen molar-refractivity contribution in [2.24, 2.45) is 0 Å². The predicted molar refractivity (Wildman–Crippen MR) is 60.0 cm³/mol. The second-order valence-corrected chi connectivity index (χ2v) is 5.48. The van der Waals surface area contributed by atoms with Gasteiger partial charge < -0.3 is 0 Å². The van der Waals surface area contributed by atoms with Gasteiger partial charge >= 0.3 is 0 Å². The number of halogens is 1. The molecule has 1 N–H and O–H groups in total. The van der Waals surface area contributed by atoms with E-state index in [1.54, 1.807) is 0 Å². The molecule has 0 saturated heterocycles. The van der Waals surface area contributed by atoms with E-state index < -0.39 is 10.0 Å². The maximum atomic E-state index is 11.8. The topological polar surface area (TPSA) is 84.8 Å². The molecule has 9 heteroatoms. The Hall–Kier alpha value is -1.25. The molecule has 0 aliphatic rings. The zero-order valence-corrected chi connectivity index (χ0v) is 10.1. The Morgan fingerprint density at radius 1 is 1.44 bits per heavy atom. The molecule has 0 unspecified atom stereocenters. The molecule has 2 aromatic heterocycles. The van der Waals surface area contributed by atoms with Crippen molar-refractivity contribution < 1.29 is 8.42 Å². The van der Waals surface area contributed by atoms with E-state index in [1.807, 2.05) is 0 Å². The summed E-state index contributed by atoms with van der Waals surface area (Å²) in [4.78, 5) is 3.60. The fourth-order valence-electron chi connectivity index (χ4n) is 0.959. The number of aromatic nitrogens is 3. The molecule has 0 atom stereocenters. The van der Waals surface area contributed by atoms with Crippen LogP contribution in [0, 0.1) is 0 Å². The van der Waals surface area contributed by atoms with Crippen molar-refractivity contribution in [2.75, 3.05) is 4.72 Å². The highest BCUT2D eigenvalue weighted by Crippen LogP contribution is 2.21. The van der Waals surface area contributed by atoms with E-state index in [2.05, 4.69) is 19.9 Å². The quantitative estimate of drug-likeness (QED) is 0.856. The molecule has 84 valence electrons. The Bertz CT molecular complexity index is 584. The van der Waals surface area contributed by atoms with Crippen LogP contribution >= 0.6 is 22.9 Å². The van der Waals surface area contributed by atoms with Crippen molar-refractivity contribution in [3.63, 3.8) is 0 Å². The second-order valence-electron chi connectivity index (χ2n) is 2.64. The lowest BCUT2D eigenvalue weighted by Gasteiger charge is -2.04. The van der Waals surface area contributed by atoms with E-state index in [0.29, 0.717) is 0 Å². The summed E-state index contributed by atoms with van der Waals surface area (Å²) in [5, 5.41) is 7.18. The van der Waals surface area contributed by atoms with E-state index in [9.17, 15) is 8.42 Å². The minimum Gasteiger partial charge on any atom is -0.253 e. The van der Waals surface area contributed by atoms with Gasteiger partial charge in [-0.15, -0.1) is 10.2 Å². The number of rotatable bonds is 3. The van der Waals surface area contributed by atoms with Gasteiger partial charge in [0.2, 0.25) is 5.13 Å². The molecule has 0 fully saturated rings. The van der Waals surface area contributed by atoms with Gasteiger partial charge in [-0.05, 0) is 12.1 Å². The van der Waals surface area contributed by atoms with Crippen molar-refractivity contribution in [1.82, 2.24) is 15.2 Å². The summed E-state index contributed by atoms with van der Waals surface area (Å²) in [5.74, 6) is 0. The number of nitrogens with zero attached hydrogens (tertiary/aromatic N) is 3. The van der Waals surface area contributed by atoms with Gasteiger partial charge in [-0.2, -0.15) is 0 Å². The van der Waals surface area contributed by atoms with Gasteiger partial charge in [-0.3, -0.25) is 4.72 Å². The molecule has 0 aliphatic carbocycles. The molecule has 0 spiro atoms. The highest BCUT2D eigenvalue weighted by molar-refractivity contribution is 7.93. The summed E-state index contributed by atoms with van der Waals surface area (Å²) in [7, 11) is -3.75. The summed E-state index contributed by atoms with van der Waals surface area (Å²) in [6.45, 7) is 0. The van der Waals surface area contributed by atoms with Crippen LogP contribution in [0.2, 0.25) is 5.15 Å². The Kier molecular flexibility index (Phi) is 3.03. The third-order valence-electron chi connectivity index (χ3n) is 1.60. The smallest absolute Gasteiger partial charge is 0.253 e. The number of anilines is 1. The fourth-order valence-corrected chi connectivity index (χ4v) is 3.11. The van der Waals surface area contributed by atoms with Gasteiger partial charge in [0.1, 0.15) is 15.6 Å². The lowest BCUT2D eigenvalue weighted by molar-refractivity contribution is 0.601. The van der Waals surface area contributed by atoms with Crippen molar-refractivity contribution in [1.29, 1.82) is 0 Å². The number of sulfonamides is 1. The minimum absolute atomic E-state index is 0.0838.